The zero-order chi connectivity index (χ0) is 15.2. The quantitative estimate of drug-likeness (QED) is 0.760. The highest BCUT2D eigenvalue weighted by Crippen LogP contribution is 2.19. The molecule has 0 unspecified atom stereocenters. The maximum atomic E-state index is 11.8. The Bertz CT molecular complexity index is 556. The average molecular weight is 301 g/mol. The van der Waals surface area contributed by atoms with Crippen LogP contribution in [0.4, 0.5) is 0 Å². The summed E-state index contributed by atoms with van der Waals surface area (Å²) in [7, 11) is -1.96. The standard InChI is InChI=1S/C13H19NO5S/c1-10(11-5-3-6-12(9-11)19-2)14-20(17,18)8-4-7-13(15)16/h3,5-6,9-10,14H,4,7-8H2,1-2H3,(H,15,16)/t10-/m0/s1. The lowest BCUT2D eigenvalue weighted by molar-refractivity contribution is -0.137. The molecule has 7 heteroatoms. The number of carbonyl (C=O) groups is 1. The molecular formula is C13H19NO5S. The number of rotatable bonds is 8. The SMILES string of the molecule is COc1cccc([C@H](C)NS(=O)(=O)CCCC(=O)O)c1. The summed E-state index contributed by atoms with van der Waals surface area (Å²) in [5.74, 6) is -0.548. The Morgan fingerprint density at radius 1 is 1.45 bits per heavy atom. The highest BCUT2D eigenvalue weighted by Gasteiger charge is 2.16. The number of nitrogens with one attached hydrogen (secondary N) is 1. The van der Waals surface area contributed by atoms with Crippen LogP contribution in [0, 0.1) is 0 Å². The van der Waals surface area contributed by atoms with Crippen LogP contribution < -0.4 is 9.46 Å². The van der Waals surface area contributed by atoms with E-state index in [1.165, 1.54) is 0 Å². The fourth-order valence-electron chi connectivity index (χ4n) is 1.72. The summed E-state index contributed by atoms with van der Waals surface area (Å²) in [6, 6.07) is 6.71. The summed E-state index contributed by atoms with van der Waals surface area (Å²) in [6.45, 7) is 1.73. The van der Waals surface area contributed by atoms with Crippen molar-refractivity contribution < 1.29 is 23.1 Å². The van der Waals surface area contributed by atoms with E-state index >= 15 is 0 Å². The van der Waals surface area contributed by atoms with Crippen LogP contribution in [-0.4, -0.2) is 32.4 Å². The predicted octanol–water partition coefficient (Wildman–Crippen LogP) is 1.54. The molecule has 0 saturated carbocycles. The first-order chi connectivity index (χ1) is 9.34. The summed E-state index contributed by atoms with van der Waals surface area (Å²) in [6.07, 6.45) is -0.0655. The number of hydrogen-bond donors (Lipinski definition) is 2. The van der Waals surface area contributed by atoms with Crippen molar-refractivity contribution in [2.24, 2.45) is 0 Å². The third-order valence-corrected chi connectivity index (χ3v) is 4.29. The number of ether oxygens (including phenoxy) is 1. The normalized spacial score (nSPS) is 12.9. The minimum atomic E-state index is -3.50. The molecule has 0 amide bonds. The summed E-state index contributed by atoms with van der Waals surface area (Å²) < 4.78 is 31.2. The number of hydrogen-bond acceptors (Lipinski definition) is 4. The van der Waals surface area contributed by atoms with Gasteiger partial charge in [-0.3, -0.25) is 4.79 Å². The zero-order valence-corrected chi connectivity index (χ0v) is 12.3. The van der Waals surface area contributed by atoms with Crippen LogP contribution in [0.3, 0.4) is 0 Å². The molecule has 1 rings (SSSR count). The molecule has 0 heterocycles. The topological polar surface area (TPSA) is 92.7 Å². The van der Waals surface area contributed by atoms with Gasteiger partial charge in [-0.1, -0.05) is 12.1 Å². The molecule has 2 N–H and O–H groups in total. The van der Waals surface area contributed by atoms with Gasteiger partial charge in [0.2, 0.25) is 10.0 Å². The van der Waals surface area contributed by atoms with Crippen molar-refractivity contribution >= 4 is 16.0 Å². The van der Waals surface area contributed by atoms with Crippen molar-refractivity contribution in [3.63, 3.8) is 0 Å². The second-order valence-corrected chi connectivity index (χ2v) is 6.31. The van der Waals surface area contributed by atoms with Crippen molar-refractivity contribution in [1.82, 2.24) is 4.72 Å². The Kier molecular flexibility index (Phi) is 5.97. The second kappa shape index (κ2) is 7.25. The van der Waals surface area contributed by atoms with Gasteiger partial charge in [-0.25, -0.2) is 13.1 Å². The molecule has 0 aliphatic carbocycles. The largest absolute Gasteiger partial charge is 0.497 e. The smallest absolute Gasteiger partial charge is 0.303 e. The molecule has 0 fully saturated rings. The van der Waals surface area contributed by atoms with Crippen LogP contribution in [0.2, 0.25) is 0 Å². The van der Waals surface area contributed by atoms with Crippen LogP contribution in [-0.2, 0) is 14.8 Å². The first-order valence-electron chi connectivity index (χ1n) is 6.20. The van der Waals surface area contributed by atoms with Crippen molar-refractivity contribution in [2.45, 2.75) is 25.8 Å². The number of sulfonamides is 1. The molecule has 1 aromatic carbocycles. The minimum Gasteiger partial charge on any atom is -0.497 e. The third-order valence-electron chi connectivity index (χ3n) is 2.75. The molecule has 0 radical (unpaired) electrons. The summed E-state index contributed by atoms with van der Waals surface area (Å²) in [4.78, 5) is 10.4. The van der Waals surface area contributed by atoms with Gasteiger partial charge in [0.25, 0.3) is 0 Å². The lowest BCUT2D eigenvalue weighted by Gasteiger charge is -2.15. The van der Waals surface area contributed by atoms with E-state index in [0.717, 1.165) is 5.56 Å². The van der Waals surface area contributed by atoms with Gasteiger partial charge in [-0.05, 0) is 31.0 Å². The molecule has 0 bridgehead atoms. The molecule has 1 atom stereocenters. The van der Waals surface area contributed by atoms with E-state index in [1.807, 2.05) is 0 Å². The molecule has 1 aromatic rings. The minimum absolute atomic E-state index is 0.0928. The van der Waals surface area contributed by atoms with E-state index < -0.39 is 22.0 Å². The second-order valence-electron chi connectivity index (χ2n) is 4.43. The monoisotopic (exact) mass is 301 g/mol. The fourth-order valence-corrected chi connectivity index (χ4v) is 3.04. The molecule has 0 spiro atoms. The van der Waals surface area contributed by atoms with Crippen LogP contribution in [0.5, 0.6) is 5.75 Å². The Labute approximate surface area is 118 Å². The maximum absolute atomic E-state index is 11.8. The van der Waals surface area contributed by atoms with Crippen LogP contribution in [0.25, 0.3) is 0 Å². The van der Waals surface area contributed by atoms with Crippen molar-refractivity contribution in [3.05, 3.63) is 29.8 Å². The Morgan fingerprint density at radius 3 is 2.75 bits per heavy atom. The van der Waals surface area contributed by atoms with E-state index in [4.69, 9.17) is 9.84 Å². The maximum Gasteiger partial charge on any atom is 0.303 e. The Balaban J connectivity index is 2.63. The van der Waals surface area contributed by atoms with Crippen LogP contribution in [0.15, 0.2) is 24.3 Å². The lowest BCUT2D eigenvalue weighted by Crippen LogP contribution is -2.29. The van der Waals surface area contributed by atoms with Gasteiger partial charge in [-0.15, -0.1) is 0 Å². The van der Waals surface area contributed by atoms with Gasteiger partial charge >= 0.3 is 5.97 Å². The van der Waals surface area contributed by atoms with Crippen molar-refractivity contribution in [2.75, 3.05) is 12.9 Å². The molecule has 20 heavy (non-hydrogen) atoms. The van der Waals surface area contributed by atoms with Crippen molar-refractivity contribution in [1.29, 1.82) is 0 Å². The van der Waals surface area contributed by atoms with Crippen molar-refractivity contribution in [3.8, 4) is 5.75 Å². The third kappa shape index (κ3) is 5.58. The lowest BCUT2D eigenvalue weighted by atomic mass is 10.1. The van der Waals surface area contributed by atoms with Crippen LogP contribution in [0.1, 0.15) is 31.4 Å². The molecule has 0 aliphatic rings. The highest BCUT2D eigenvalue weighted by atomic mass is 32.2. The number of aliphatic carboxylic acids is 1. The number of benzene rings is 1. The molecule has 0 aromatic heterocycles. The van der Waals surface area contributed by atoms with Gasteiger partial charge in [0.15, 0.2) is 0 Å². The highest BCUT2D eigenvalue weighted by molar-refractivity contribution is 7.89. The average Bonchev–Trinajstić information content (AvgIpc) is 2.37. The predicted molar refractivity (Wildman–Crippen MR) is 75.2 cm³/mol. The van der Waals surface area contributed by atoms with E-state index in [1.54, 1.807) is 38.3 Å². The summed E-state index contributed by atoms with van der Waals surface area (Å²) in [5, 5.41) is 8.50. The van der Waals surface area contributed by atoms with Crippen LogP contribution >= 0.6 is 0 Å². The summed E-state index contributed by atoms with van der Waals surface area (Å²) in [5.41, 5.74) is 0.783. The van der Waals surface area contributed by atoms with E-state index in [2.05, 4.69) is 4.72 Å². The number of methoxy groups -OCH3 is 1. The van der Waals surface area contributed by atoms with E-state index in [9.17, 15) is 13.2 Å². The molecular weight excluding hydrogens is 282 g/mol. The summed E-state index contributed by atoms with van der Waals surface area (Å²) >= 11 is 0. The molecule has 0 saturated heterocycles. The fraction of sp³-hybridized carbons (Fsp3) is 0.462. The van der Waals surface area contributed by atoms with Gasteiger partial charge in [0, 0.05) is 12.5 Å². The van der Waals surface area contributed by atoms with Gasteiger partial charge in [0.05, 0.1) is 12.9 Å². The zero-order valence-electron chi connectivity index (χ0n) is 11.5. The first-order valence-corrected chi connectivity index (χ1v) is 7.85. The van der Waals surface area contributed by atoms with E-state index in [-0.39, 0.29) is 18.6 Å². The van der Waals surface area contributed by atoms with Gasteiger partial charge < -0.3 is 9.84 Å². The number of carboxylic acids is 1. The van der Waals surface area contributed by atoms with Gasteiger partial charge in [0.1, 0.15) is 5.75 Å². The number of carboxylic acid groups (broad SMARTS) is 1. The Hall–Kier alpha value is -1.60. The van der Waals surface area contributed by atoms with E-state index in [0.29, 0.717) is 5.75 Å². The molecule has 112 valence electrons. The first kappa shape index (κ1) is 16.5. The van der Waals surface area contributed by atoms with Gasteiger partial charge in [-0.2, -0.15) is 0 Å². The Morgan fingerprint density at radius 2 is 2.15 bits per heavy atom. The molecule has 6 nitrogen and oxygen atoms in total. The molecule has 0 aliphatic heterocycles.